The maximum Gasteiger partial charge on any atom is 0.254 e. The first-order valence-corrected chi connectivity index (χ1v) is 15.2. The minimum Gasteiger partial charge on any atom is -0.359 e. The molecule has 2 amide bonds. The van der Waals surface area contributed by atoms with E-state index in [0.717, 1.165) is 34.9 Å². The summed E-state index contributed by atoms with van der Waals surface area (Å²) >= 11 is 8.75. The van der Waals surface area contributed by atoms with Gasteiger partial charge in [0.25, 0.3) is 5.91 Å². The minimum absolute atomic E-state index is 0.0638. The average Bonchev–Trinajstić information content (AvgIpc) is 3.79. The Morgan fingerprint density at radius 2 is 2.06 bits per heavy atom. The van der Waals surface area contributed by atoms with Crippen LogP contribution in [0.4, 0.5) is 10.8 Å². The number of thiophene rings is 1. The quantitative estimate of drug-likeness (QED) is 0.287. The predicted molar refractivity (Wildman–Crippen MR) is 149 cm³/mol. The zero-order chi connectivity index (χ0) is 24.9. The molecule has 6 rings (SSSR count). The molecule has 2 heterocycles. The van der Waals surface area contributed by atoms with Gasteiger partial charge in [0.1, 0.15) is 10.8 Å². The summed E-state index contributed by atoms with van der Waals surface area (Å²) in [4.78, 5) is 32.0. The Balaban J connectivity index is 1.16. The molecule has 2 unspecified atom stereocenters. The van der Waals surface area contributed by atoms with Crippen LogP contribution in [0.15, 0.2) is 23.2 Å². The molecule has 10 heteroatoms. The normalized spacial score (nSPS) is 22.9. The molecule has 3 saturated carbocycles. The number of fused-ring (bicyclic) bond motifs is 1. The van der Waals surface area contributed by atoms with Crippen molar-refractivity contribution in [3.8, 4) is 0 Å². The van der Waals surface area contributed by atoms with Gasteiger partial charge in [-0.1, -0.05) is 6.07 Å². The summed E-state index contributed by atoms with van der Waals surface area (Å²) in [5, 5.41) is 15.1. The van der Waals surface area contributed by atoms with Crippen molar-refractivity contribution in [3.63, 3.8) is 0 Å². The highest BCUT2D eigenvalue weighted by atomic mass is 32.2. The first-order valence-electron chi connectivity index (χ1n) is 12.8. The van der Waals surface area contributed by atoms with Crippen molar-refractivity contribution in [2.24, 2.45) is 17.3 Å². The molecule has 3 fully saturated rings. The number of pyridine rings is 1. The van der Waals surface area contributed by atoms with Crippen LogP contribution in [0.25, 0.3) is 0 Å². The largest absolute Gasteiger partial charge is 0.359 e. The molecule has 2 aromatic heterocycles. The van der Waals surface area contributed by atoms with E-state index >= 15 is 0 Å². The summed E-state index contributed by atoms with van der Waals surface area (Å²) in [5.74, 6) is 1.45. The van der Waals surface area contributed by atoms with Gasteiger partial charge in [0.2, 0.25) is 5.91 Å². The van der Waals surface area contributed by atoms with E-state index in [1.807, 2.05) is 24.5 Å². The van der Waals surface area contributed by atoms with E-state index in [9.17, 15) is 9.59 Å². The highest BCUT2D eigenvalue weighted by molar-refractivity contribution is 7.98. The molecule has 0 bridgehead atoms. The number of thioether (sulfide) groups is 1. The van der Waals surface area contributed by atoms with Crippen LogP contribution in [0.2, 0.25) is 0 Å². The molecule has 4 aliphatic rings. The van der Waals surface area contributed by atoms with E-state index in [1.165, 1.54) is 30.6 Å². The lowest BCUT2D eigenvalue weighted by Gasteiger charge is -2.25. The van der Waals surface area contributed by atoms with Crippen LogP contribution in [0.5, 0.6) is 0 Å². The molecular formula is C26H31N5O2S3. The maximum absolute atomic E-state index is 13.3. The fraction of sp³-hybridized carbons (Fsp3) is 0.538. The molecule has 4 aliphatic carbocycles. The van der Waals surface area contributed by atoms with E-state index in [0.29, 0.717) is 35.4 Å². The third-order valence-electron chi connectivity index (χ3n) is 7.88. The second kappa shape index (κ2) is 9.61. The molecule has 1 spiro atoms. The van der Waals surface area contributed by atoms with E-state index in [-0.39, 0.29) is 29.2 Å². The summed E-state index contributed by atoms with van der Waals surface area (Å²) in [6.07, 6.45) is 10.1. The van der Waals surface area contributed by atoms with Crippen LogP contribution in [-0.4, -0.2) is 40.8 Å². The average molecular weight is 542 g/mol. The SMILES string of the molecule is CSc1cccc(NC(=S)NC2CCc3sc(NC(=O)C4CC45CC5)c(C(=O)NCC4CC4)c3C2)n1. The van der Waals surface area contributed by atoms with Gasteiger partial charge in [-0.15, -0.1) is 23.1 Å². The van der Waals surface area contributed by atoms with E-state index in [2.05, 4.69) is 26.3 Å². The summed E-state index contributed by atoms with van der Waals surface area (Å²) in [5.41, 5.74) is 2.00. The second-order valence-corrected chi connectivity index (χ2v) is 12.9. The molecule has 4 N–H and O–H groups in total. The maximum atomic E-state index is 13.3. The summed E-state index contributed by atoms with van der Waals surface area (Å²) < 4.78 is 0. The molecule has 2 atom stereocenters. The first kappa shape index (κ1) is 24.2. The number of carbonyl (C=O) groups excluding carboxylic acids is 2. The van der Waals surface area contributed by atoms with Gasteiger partial charge in [-0.05, 0) is 98.9 Å². The fourth-order valence-electron chi connectivity index (χ4n) is 5.25. The van der Waals surface area contributed by atoms with Crippen LogP contribution in [0.1, 0.15) is 59.3 Å². The van der Waals surface area contributed by atoms with Crippen molar-refractivity contribution in [2.45, 2.75) is 62.4 Å². The number of anilines is 2. The Morgan fingerprint density at radius 1 is 1.22 bits per heavy atom. The molecule has 0 saturated heterocycles. The Morgan fingerprint density at radius 3 is 2.78 bits per heavy atom. The van der Waals surface area contributed by atoms with Crippen LogP contribution in [0, 0.1) is 17.3 Å². The topological polar surface area (TPSA) is 95.1 Å². The van der Waals surface area contributed by atoms with E-state index < -0.39 is 0 Å². The minimum atomic E-state index is -0.0638. The molecule has 2 aromatic rings. The van der Waals surface area contributed by atoms with Crippen molar-refractivity contribution >= 4 is 63.1 Å². The lowest BCUT2D eigenvalue weighted by Crippen LogP contribution is -2.41. The molecule has 0 radical (unpaired) electrons. The van der Waals surface area contributed by atoms with Gasteiger partial charge >= 0.3 is 0 Å². The van der Waals surface area contributed by atoms with Crippen LogP contribution < -0.4 is 21.3 Å². The third-order valence-corrected chi connectivity index (χ3v) is 9.95. The zero-order valence-corrected chi connectivity index (χ0v) is 22.8. The number of thiocarbonyl (C=S) groups is 1. The summed E-state index contributed by atoms with van der Waals surface area (Å²) in [7, 11) is 0. The monoisotopic (exact) mass is 541 g/mol. The standard InChI is InChI=1S/C26H31N5O2S3/c1-35-20-4-2-3-19(29-20)30-25(34)28-15-7-8-18-16(11-15)21(23(33)27-13-14-5-6-14)24(36-18)31-22(32)17-12-26(17)9-10-26/h2-4,14-15,17H,5-13H2,1H3,(H,27,33)(H,31,32)(H2,28,29,30,34). The van der Waals surface area contributed by atoms with Crippen LogP contribution in [0.3, 0.4) is 0 Å². The van der Waals surface area contributed by atoms with Gasteiger partial charge in [-0.2, -0.15) is 0 Å². The lowest BCUT2D eigenvalue weighted by molar-refractivity contribution is -0.117. The number of carbonyl (C=O) groups is 2. The molecule has 0 aromatic carbocycles. The lowest BCUT2D eigenvalue weighted by atomic mass is 9.91. The smallest absolute Gasteiger partial charge is 0.254 e. The predicted octanol–water partition coefficient (Wildman–Crippen LogP) is 4.59. The Labute approximate surface area is 225 Å². The first-order chi connectivity index (χ1) is 17.4. The number of nitrogens with one attached hydrogen (secondary N) is 4. The summed E-state index contributed by atoms with van der Waals surface area (Å²) in [6.45, 7) is 0.709. The van der Waals surface area contributed by atoms with Gasteiger partial charge in [-0.3, -0.25) is 9.59 Å². The van der Waals surface area contributed by atoms with Crippen molar-refractivity contribution in [2.75, 3.05) is 23.4 Å². The number of amides is 2. The Kier molecular flexibility index (Phi) is 6.46. The van der Waals surface area contributed by atoms with E-state index in [4.69, 9.17) is 12.2 Å². The molecule has 0 aliphatic heterocycles. The van der Waals surface area contributed by atoms with Crippen molar-refractivity contribution < 1.29 is 9.59 Å². The Bertz CT molecular complexity index is 1220. The highest BCUT2D eigenvalue weighted by Gasteiger charge is 2.65. The van der Waals surface area contributed by atoms with Crippen molar-refractivity contribution in [3.05, 3.63) is 34.2 Å². The molecule has 7 nitrogen and oxygen atoms in total. The number of hydrogen-bond acceptors (Lipinski definition) is 6. The van der Waals surface area contributed by atoms with E-state index in [1.54, 1.807) is 23.1 Å². The number of nitrogens with zero attached hydrogens (tertiary/aromatic N) is 1. The van der Waals surface area contributed by atoms with Gasteiger partial charge < -0.3 is 21.3 Å². The zero-order valence-electron chi connectivity index (χ0n) is 20.3. The second-order valence-electron chi connectivity index (χ2n) is 10.6. The number of aryl methyl sites for hydroxylation is 1. The molecule has 190 valence electrons. The van der Waals surface area contributed by atoms with Crippen molar-refractivity contribution in [1.29, 1.82) is 0 Å². The number of hydrogen-bond donors (Lipinski definition) is 4. The van der Waals surface area contributed by atoms with Gasteiger partial charge in [-0.25, -0.2) is 4.98 Å². The fourth-order valence-corrected chi connectivity index (χ4v) is 7.17. The summed E-state index contributed by atoms with van der Waals surface area (Å²) in [6, 6.07) is 5.92. The Hall–Kier alpha value is -2.17. The van der Waals surface area contributed by atoms with Crippen LogP contribution in [-0.2, 0) is 17.6 Å². The van der Waals surface area contributed by atoms with Crippen LogP contribution >= 0.6 is 35.3 Å². The van der Waals surface area contributed by atoms with Gasteiger partial charge in [0.05, 0.1) is 10.6 Å². The molecule has 36 heavy (non-hydrogen) atoms. The van der Waals surface area contributed by atoms with Crippen molar-refractivity contribution in [1.82, 2.24) is 15.6 Å². The third kappa shape index (κ3) is 5.13. The molecular weight excluding hydrogens is 511 g/mol. The number of rotatable bonds is 8. The van der Waals surface area contributed by atoms with Gasteiger partial charge in [0, 0.05) is 23.4 Å². The number of aromatic nitrogens is 1. The van der Waals surface area contributed by atoms with Gasteiger partial charge in [0.15, 0.2) is 5.11 Å². The highest BCUT2D eigenvalue weighted by Crippen LogP contribution is 2.70.